The van der Waals surface area contributed by atoms with Gasteiger partial charge in [0.15, 0.2) is 0 Å². The molecule has 0 aliphatic carbocycles. The first kappa shape index (κ1) is 18.2. The predicted molar refractivity (Wildman–Crippen MR) is 99.2 cm³/mol. The van der Waals surface area contributed by atoms with E-state index in [4.69, 9.17) is 5.14 Å². The molecule has 0 saturated carbocycles. The molecule has 3 rings (SSSR count). The molecular weight excluding hydrogens is 372 g/mol. The minimum Gasteiger partial charge on any atom is -0.350 e. The van der Waals surface area contributed by atoms with Crippen LogP contribution in [-0.2, 0) is 16.4 Å². The third kappa shape index (κ3) is 4.51. The zero-order valence-electron chi connectivity index (χ0n) is 13.6. The summed E-state index contributed by atoms with van der Waals surface area (Å²) in [7, 11) is -3.69. The summed E-state index contributed by atoms with van der Waals surface area (Å²) in [6.45, 7) is 0.410. The van der Waals surface area contributed by atoms with Crippen LogP contribution < -0.4 is 10.5 Å². The smallest absolute Gasteiger partial charge is 0.270 e. The summed E-state index contributed by atoms with van der Waals surface area (Å²) in [5.74, 6) is -0.252. The Bertz CT molecular complexity index is 1000. The van der Waals surface area contributed by atoms with E-state index in [1.165, 1.54) is 23.5 Å². The topological polar surface area (TPSA) is 115 Å². The molecule has 1 amide bonds. The number of thiazole rings is 1. The van der Waals surface area contributed by atoms with E-state index in [1.54, 1.807) is 29.9 Å². The van der Waals surface area contributed by atoms with Crippen molar-refractivity contribution in [3.05, 3.63) is 65.4 Å². The van der Waals surface area contributed by atoms with E-state index in [0.29, 0.717) is 18.7 Å². The molecule has 0 spiro atoms. The average molecular weight is 388 g/mol. The minimum atomic E-state index is -3.69. The number of primary sulfonamides is 1. The fraction of sp³-hybridized carbons (Fsp3) is 0.118. The normalized spacial score (nSPS) is 11.3. The summed E-state index contributed by atoms with van der Waals surface area (Å²) in [6, 6.07) is 9.96. The van der Waals surface area contributed by atoms with Crippen molar-refractivity contribution in [2.24, 2.45) is 5.14 Å². The van der Waals surface area contributed by atoms with E-state index in [0.717, 1.165) is 16.1 Å². The monoisotopic (exact) mass is 388 g/mol. The summed E-state index contributed by atoms with van der Waals surface area (Å²) in [5, 5.41) is 10.3. The summed E-state index contributed by atoms with van der Waals surface area (Å²) in [6.07, 6.45) is 3.95. The van der Waals surface area contributed by atoms with Gasteiger partial charge < -0.3 is 5.32 Å². The molecule has 3 aromatic rings. The van der Waals surface area contributed by atoms with Gasteiger partial charge in [-0.3, -0.25) is 9.78 Å². The number of nitrogens with two attached hydrogens (primary N) is 1. The van der Waals surface area contributed by atoms with Crippen molar-refractivity contribution in [1.82, 2.24) is 15.3 Å². The van der Waals surface area contributed by atoms with E-state index < -0.39 is 10.0 Å². The first-order valence-corrected chi connectivity index (χ1v) is 10.1. The number of carbonyl (C=O) groups excluding carboxylic acids is 1. The molecule has 7 nitrogen and oxygen atoms in total. The highest BCUT2D eigenvalue weighted by atomic mass is 32.2. The highest BCUT2D eigenvalue weighted by molar-refractivity contribution is 7.89. The number of nitrogens with zero attached hydrogens (tertiary/aromatic N) is 2. The molecule has 0 aliphatic heterocycles. The summed E-state index contributed by atoms with van der Waals surface area (Å²) < 4.78 is 22.4. The van der Waals surface area contributed by atoms with E-state index in [1.807, 2.05) is 12.1 Å². The Hall–Kier alpha value is -2.62. The van der Waals surface area contributed by atoms with Crippen LogP contribution in [0.4, 0.5) is 0 Å². The molecule has 2 aromatic heterocycles. The average Bonchev–Trinajstić information content (AvgIpc) is 3.12. The fourth-order valence-electron chi connectivity index (χ4n) is 2.26. The Labute approximate surface area is 155 Å². The van der Waals surface area contributed by atoms with E-state index in [9.17, 15) is 13.2 Å². The number of aromatic nitrogens is 2. The number of nitrogens with one attached hydrogen (secondary N) is 1. The summed E-state index contributed by atoms with van der Waals surface area (Å²) >= 11 is 1.38. The number of benzene rings is 1. The first-order valence-electron chi connectivity index (χ1n) is 7.69. The standard InChI is InChI=1S/C17H16N4O3S2/c18-26(23,24)14-5-3-12(4-6-14)7-9-20-16(22)15-11-25-17(21-15)13-2-1-8-19-10-13/h1-6,8,10-11H,7,9H2,(H,20,22)(H2,18,23,24). The number of hydrogen-bond acceptors (Lipinski definition) is 6. The van der Waals surface area contributed by atoms with Crippen LogP contribution in [0.2, 0.25) is 0 Å². The maximum absolute atomic E-state index is 12.2. The number of rotatable bonds is 6. The van der Waals surface area contributed by atoms with Gasteiger partial charge >= 0.3 is 0 Å². The number of carbonyl (C=O) groups is 1. The van der Waals surface area contributed by atoms with Gasteiger partial charge in [-0.2, -0.15) is 0 Å². The molecule has 0 bridgehead atoms. The molecule has 3 N–H and O–H groups in total. The zero-order valence-corrected chi connectivity index (χ0v) is 15.3. The van der Waals surface area contributed by atoms with Gasteiger partial charge in [0, 0.05) is 29.9 Å². The van der Waals surface area contributed by atoms with E-state index in [-0.39, 0.29) is 10.8 Å². The minimum absolute atomic E-state index is 0.0655. The Morgan fingerprint density at radius 2 is 1.96 bits per heavy atom. The lowest BCUT2D eigenvalue weighted by Crippen LogP contribution is -2.26. The lowest BCUT2D eigenvalue weighted by atomic mass is 10.1. The molecule has 1 aromatic carbocycles. The number of sulfonamides is 1. The number of amides is 1. The van der Waals surface area contributed by atoms with Crippen molar-refractivity contribution < 1.29 is 13.2 Å². The summed E-state index contributed by atoms with van der Waals surface area (Å²) in [4.78, 5) is 20.6. The van der Waals surface area contributed by atoms with Gasteiger partial charge in [-0.1, -0.05) is 12.1 Å². The van der Waals surface area contributed by atoms with Crippen LogP contribution in [0.15, 0.2) is 59.1 Å². The largest absolute Gasteiger partial charge is 0.350 e. The Kier molecular flexibility index (Phi) is 5.40. The SMILES string of the molecule is NS(=O)(=O)c1ccc(CCNC(=O)c2csc(-c3cccnc3)n2)cc1. The van der Waals surface area contributed by atoms with Gasteiger partial charge in [-0.05, 0) is 36.2 Å². The van der Waals surface area contributed by atoms with Gasteiger partial charge in [0.25, 0.3) is 5.91 Å². The molecular formula is C17H16N4O3S2. The van der Waals surface area contributed by atoms with Crippen molar-refractivity contribution in [2.75, 3.05) is 6.54 Å². The first-order chi connectivity index (χ1) is 12.4. The van der Waals surface area contributed by atoms with Gasteiger partial charge in [-0.25, -0.2) is 18.5 Å². The van der Waals surface area contributed by atoms with Crippen molar-refractivity contribution in [1.29, 1.82) is 0 Å². The zero-order chi connectivity index (χ0) is 18.6. The van der Waals surface area contributed by atoms with E-state index in [2.05, 4.69) is 15.3 Å². The molecule has 0 atom stereocenters. The predicted octanol–water partition coefficient (Wildman–Crippen LogP) is 1.82. The Morgan fingerprint density at radius 3 is 2.62 bits per heavy atom. The molecule has 26 heavy (non-hydrogen) atoms. The van der Waals surface area contributed by atoms with Crippen LogP contribution in [0.3, 0.4) is 0 Å². The quantitative estimate of drug-likeness (QED) is 0.668. The van der Waals surface area contributed by atoms with Gasteiger partial charge in [0.1, 0.15) is 10.7 Å². The highest BCUT2D eigenvalue weighted by Gasteiger charge is 2.12. The van der Waals surface area contributed by atoms with Crippen LogP contribution in [0.1, 0.15) is 16.1 Å². The lowest BCUT2D eigenvalue weighted by Gasteiger charge is -2.05. The second kappa shape index (κ2) is 7.73. The third-order valence-corrected chi connectivity index (χ3v) is 5.42. The molecule has 2 heterocycles. The van der Waals surface area contributed by atoms with Crippen LogP contribution >= 0.6 is 11.3 Å². The van der Waals surface area contributed by atoms with Crippen LogP contribution in [0, 0.1) is 0 Å². The van der Waals surface area contributed by atoms with Gasteiger partial charge in [0.2, 0.25) is 10.0 Å². The fourth-order valence-corrected chi connectivity index (χ4v) is 3.56. The van der Waals surface area contributed by atoms with Crippen LogP contribution in [0.25, 0.3) is 10.6 Å². The second-order valence-electron chi connectivity index (χ2n) is 5.47. The maximum Gasteiger partial charge on any atom is 0.270 e. The van der Waals surface area contributed by atoms with Gasteiger partial charge in [-0.15, -0.1) is 11.3 Å². The Morgan fingerprint density at radius 1 is 1.19 bits per heavy atom. The molecule has 9 heteroatoms. The van der Waals surface area contributed by atoms with Crippen molar-refractivity contribution in [3.63, 3.8) is 0 Å². The number of hydrogen-bond donors (Lipinski definition) is 2. The van der Waals surface area contributed by atoms with E-state index >= 15 is 0 Å². The maximum atomic E-state index is 12.2. The molecule has 0 unspecified atom stereocenters. The molecule has 0 aliphatic rings. The molecule has 0 radical (unpaired) electrons. The highest BCUT2D eigenvalue weighted by Crippen LogP contribution is 2.22. The molecule has 0 saturated heterocycles. The Balaban J connectivity index is 1.55. The van der Waals surface area contributed by atoms with Crippen molar-refractivity contribution in [3.8, 4) is 10.6 Å². The van der Waals surface area contributed by atoms with Crippen molar-refractivity contribution >= 4 is 27.3 Å². The lowest BCUT2D eigenvalue weighted by molar-refractivity contribution is 0.0950. The van der Waals surface area contributed by atoms with Crippen molar-refractivity contribution in [2.45, 2.75) is 11.3 Å². The van der Waals surface area contributed by atoms with Crippen LogP contribution in [-0.4, -0.2) is 30.8 Å². The molecule has 134 valence electrons. The molecule has 0 fully saturated rings. The number of pyridine rings is 1. The third-order valence-electron chi connectivity index (χ3n) is 3.60. The second-order valence-corrected chi connectivity index (χ2v) is 7.89. The van der Waals surface area contributed by atoms with Gasteiger partial charge in [0.05, 0.1) is 4.90 Å². The summed E-state index contributed by atoms with van der Waals surface area (Å²) in [5.41, 5.74) is 2.12. The van der Waals surface area contributed by atoms with Crippen LogP contribution in [0.5, 0.6) is 0 Å².